The largest absolute Gasteiger partial charge is 0.392 e. The van der Waals surface area contributed by atoms with E-state index in [0.29, 0.717) is 13.0 Å². The van der Waals surface area contributed by atoms with Gasteiger partial charge in [0.15, 0.2) is 0 Å². The minimum Gasteiger partial charge on any atom is -0.392 e. The van der Waals surface area contributed by atoms with Crippen molar-refractivity contribution < 1.29 is 9.84 Å². The number of aliphatic hydroxyl groups is 1. The number of hydrogen-bond acceptors (Lipinski definition) is 2. The zero-order valence-corrected chi connectivity index (χ0v) is 11.1. The van der Waals surface area contributed by atoms with Crippen LogP contribution in [0.4, 0.5) is 0 Å². The second kappa shape index (κ2) is 6.77. The predicted molar refractivity (Wildman–Crippen MR) is 71.2 cm³/mol. The molecule has 2 heteroatoms. The lowest BCUT2D eigenvalue weighted by Gasteiger charge is -2.37. The fourth-order valence-electron chi connectivity index (χ4n) is 2.60. The summed E-state index contributed by atoms with van der Waals surface area (Å²) in [5.41, 5.74) is 1.09. The van der Waals surface area contributed by atoms with Crippen LogP contribution in [-0.2, 0) is 10.2 Å². The van der Waals surface area contributed by atoms with Crippen molar-refractivity contribution in [2.75, 3.05) is 13.7 Å². The molecule has 17 heavy (non-hydrogen) atoms. The molecule has 0 aliphatic carbocycles. The second-order valence-corrected chi connectivity index (χ2v) is 4.53. The van der Waals surface area contributed by atoms with Crippen LogP contribution >= 0.6 is 0 Å². The quantitative estimate of drug-likeness (QED) is 0.788. The molecular weight excluding hydrogens is 212 g/mol. The Kier molecular flexibility index (Phi) is 5.66. The SMILES string of the molecule is CCC(CC)(c1ccccc1)C(O)CCOC. The van der Waals surface area contributed by atoms with Crippen LogP contribution in [0.2, 0.25) is 0 Å². The number of rotatable bonds is 7. The maximum Gasteiger partial charge on any atom is 0.0658 e. The van der Waals surface area contributed by atoms with Gasteiger partial charge in [-0.2, -0.15) is 0 Å². The summed E-state index contributed by atoms with van der Waals surface area (Å²) in [6.45, 7) is 4.90. The summed E-state index contributed by atoms with van der Waals surface area (Å²) in [4.78, 5) is 0. The Hall–Kier alpha value is -0.860. The third kappa shape index (κ3) is 3.08. The molecule has 0 spiro atoms. The topological polar surface area (TPSA) is 29.5 Å². The lowest BCUT2D eigenvalue weighted by atomic mass is 9.70. The van der Waals surface area contributed by atoms with E-state index in [0.717, 1.165) is 12.8 Å². The van der Waals surface area contributed by atoms with E-state index < -0.39 is 0 Å². The molecule has 0 saturated carbocycles. The molecule has 1 aromatic rings. The molecule has 1 aromatic carbocycles. The summed E-state index contributed by atoms with van der Waals surface area (Å²) in [5, 5.41) is 10.5. The highest BCUT2D eigenvalue weighted by Crippen LogP contribution is 2.36. The van der Waals surface area contributed by atoms with E-state index in [1.807, 2.05) is 18.2 Å². The minimum atomic E-state index is -0.347. The van der Waals surface area contributed by atoms with Crippen molar-refractivity contribution in [3.05, 3.63) is 35.9 Å². The maximum absolute atomic E-state index is 10.5. The fraction of sp³-hybridized carbons (Fsp3) is 0.600. The first-order valence-electron chi connectivity index (χ1n) is 6.43. The second-order valence-electron chi connectivity index (χ2n) is 4.53. The van der Waals surface area contributed by atoms with Gasteiger partial charge >= 0.3 is 0 Å². The van der Waals surface area contributed by atoms with Gasteiger partial charge in [-0.1, -0.05) is 44.2 Å². The molecule has 0 heterocycles. The minimum absolute atomic E-state index is 0.139. The molecule has 1 N–H and O–H groups in total. The first-order valence-corrected chi connectivity index (χ1v) is 6.43. The third-order valence-electron chi connectivity index (χ3n) is 3.84. The molecule has 1 rings (SSSR count). The Bertz CT molecular complexity index is 304. The van der Waals surface area contributed by atoms with Gasteiger partial charge in [-0.25, -0.2) is 0 Å². The van der Waals surface area contributed by atoms with Gasteiger partial charge in [0.25, 0.3) is 0 Å². The number of ether oxygens (including phenoxy) is 1. The van der Waals surface area contributed by atoms with Crippen LogP contribution in [0.25, 0.3) is 0 Å². The van der Waals surface area contributed by atoms with Crippen LogP contribution in [-0.4, -0.2) is 24.9 Å². The normalized spacial score (nSPS) is 13.6. The average molecular weight is 236 g/mol. The van der Waals surface area contributed by atoms with Gasteiger partial charge in [-0.05, 0) is 24.8 Å². The number of methoxy groups -OCH3 is 1. The van der Waals surface area contributed by atoms with E-state index in [-0.39, 0.29) is 11.5 Å². The lowest BCUT2D eigenvalue weighted by molar-refractivity contribution is 0.0411. The predicted octanol–water partition coefficient (Wildman–Crippen LogP) is 3.14. The molecule has 1 unspecified atom stereocenters. The molecule has 0 bridgehead atoms. The molecule has 96 valence electrons. The van der Waals surface area contributed by atoms with Crippen LogP contribution in [0.3, 0.4) is 0 Å². The molecule has 0 saturated heterocycles. The highest BCUT2D eigenvalue weighted by atomic mass is 16.5. The molecule has 2 nitrogen and oxygen atoms in total. The Morgan fingerprint density at radius 1 is 1.18 bits per heavy atom. The molecular formula is C15H24O2. The smallest absolute Gasteiger partial charge is 0.0658 e. The van der Waals surface area contributed by atoms with E-state index >= 15 is 0 Å². The Morgan fingerprint density at radius 2 is 1.76 bits per heavy atom. The summed E-state index contributed by atoms with van der Waals surface area (Å²) >= 11 is 0. The molecule has 0 aromatic heterocycles. The van der Waals surface area contributed by atoms with Crippen LogP contribution in [0.15, 0.2) is 30.3 Å². The van der Waals surface area contributed by atoms with Crippen LogP contribution < -0.4 is 0 Å². The highest BCUT2D eigenvalue weighted by Gasteiger charge is 2.35. The van der Waals surface area contributed by atoms with E-state index in [1.165, 1.54) is 5.56 Å². The van der Waals surface area contributed by atoms with Crippen molar-refractivity contribution in [1.29, 1.82) is 0 Å². The summed E-state index contributed by atoms with van der Waals surface area (Å²) in [7, 11) is 1.68. The molecule has 0 radical (unpaired) electrons. The van der Waals surface area contributed by atoms with Gasteiger partial charge in [0.2, 0.25) is 0 Å². The van der Waals surface area contributed by atoms with Gasteiger partial charge in [-0.15, -0.1) is 0 Å². The Balaban J connectivity index is 2.96. The van der Waals surface area contributed by atoms with Crippen LogP contribution in [0.5, 0.6) is 0 Å². The highest BCUT2D eigenvalue weighted by molar-refractivity contribution is 5.26. The van der Waals surface area contributed by atoms with Crippen molar-refractivity contribution in [2.45, 2.75) is 44.6 Å². The first kappa shape index (κ1) is 14.2. The number of aliphatic hydroxyl groups excluding tert-OH is 1. The van der Waals surface area contributed by atoms with Crippen LogP contribution in [0.1, 0.15) is 38.7 Å². The summed E-state index contributed by atoms with van der Waals surface area (Å²) in [6, 6.07) is 10.3. The number of hydrogen-bond donors (Lipinski definition) is 1. The summed E-state index contributed by atoms with van der Waals surface area (Å²) in [5.74, 6) is 0. The molecule has 0 aliphatic rings. The zero-order valence-electron chi connectivity index (χ0n) is 11.1. The maximum atomic E-state index is 10.5. The van der Waals surface area contributed by atoms with Crippen molar-refractivity contribution in [3.8, 4) is 0 Å². The summed E-state index contributed by atoms with van der Waals surface area (Å²) < 4.78 is 5.07. The van der Waals surface area contributed by atoms with Gasteiger partial charge in [0.05, 0.1) is 6.10 Å². The van der Waals surface area contributed by atoms with Crippen molar-refractivity contribution in [3.63, 3.8) is 0 Å². The van der Waals surface area contributed by atoms with Crippen molar-refractivity contribution in [2.24, 2.45) is 0 Å². The van der Waals surface area contributed by atoms with Crippen molar-refractivity contribution >= 4 is 0 Å². The Morgan fingerprint density at radius 3 is 2.24 bits per heavy atom. The van der Waals surface area contributed by atoms with Gasteiger partial charge in [-0.3, -0.25) is 0 Å². The van der Waals surface area contributed by atoms with E-state index in [2.05, 4.69) is 26.0 Å². The average Bonchev–Trinajstić information content (AvgIpc) is 2.39. The van der Waals surface area contributed by atoms with E-state index in [9.17, 15) is 5.11 Å². The zero-order chi connectivity index (χ0) is 12.7. The van der Waals surface area contributed by atoms with E-state index in [4.69, 9.17) is 4.74 Å². The third-order valence-corrected chi connectivity index (χ3v) is 3.84. The molecule has 0 fully saturated rings. The van der Waals surface area contributed by atoms with Crippen LogP contribution in [0, 0.1) is 0 Å². The van der Waals surface area contributed by atoms with Gasteiger partial charge < -0.3 is 9.84 Å². The molecule has 1 atom stereocenters. The standard InChI is InChI=1S/C15H24O2/c1-4-15(5-2,14(16)11-12-17-3)13-9-7-6-8-10-13/h6-10,14,16H,4-5,11-12H2,1-3H3. The van der Waals surface area contributed by atoms with E-state index in [1.54, 1.807) is 7.11 Å². The molecule has 0 amide bonds. The van der Waals surface area contributed by atoms with Gasteiger partial charge in [0, 0.05) is 19.1 Å². The first-order chi connectivity index (χ1) is 8.21. The lowest BCUT2D eigenvalue weighted by Crippen LogP contribution is -2.39. The fourth-order valence-corrected chi connectivity index (χ4v) is 2.60. The molecule has 0 aliphatic heterocycles. The Labute approximate surface area is 105 Å². The summed E-state index contributed by atoms with van der Waals surface area (Å²) in [6.07, 6.45) is 2.23. The van der Waals surface area contributed by atoms with Gasteiger partial charge in [0.1, 0.15) is 0 Å². The number of benzene rings is 1. The van der Waals surface area contributed by atoms with Crippen molar-refractivity contribution in [1.82, 2.24) is 0 Å². The monoisotopic (exact) mass is 236 g/mol.